The highest BCUT2D eigenvalue weighted by Gasteiger charge is 2.16. The molecule has 0 aliphatic carbocycles. The van der Waals surface area contributed by atoms with E-state index in [0.29, 0.717) is 11.9 Å². The van der Waals surface area contributed by atoms with Crippen molar-refractivity contribution in [2.75, 3.05) is 18.9 Å². The molecule has 1 aromatic heterocycles. The van der Waals surface area contributed by atoms with Crippen molar-refractivity contribution in [2.45, 2.75) is 19.4 Å². The topological polar surface area (TPSA) is 53.1 Å². The molecule has 18 heavy (non-hydrogen) atoms. The minimum Gasteiger partial charge on any atom is -0.381 e. The van der Waals surface area contributed by atoms with Crippen LogP contribution in [0.2, 0.25) is 0 Å². The number of nitrogens with two attached hydrogens (primary N) is 1. The Kier molecular flexibility index (Phi) is 3.43. The average molecular weight is 357 g/mol. The Morgan fingerprint density at radius 3 is 3.17 bits per heavy atom. The predicted molar refractivity (Wildman–Crippen MR) is 80.4 cm³/mol. The third-order valence-corrected chi connectivity index (χ3v) is 4.20. The zero-order chi connectivity index (χ0) is 12.5. The van der Waals surface area contributed by atoms with Crippen LogP contribution < -0.4 is 5.73 Å². The number of hydrogen-bond acceptors (Lipinski definition) is 3. The first-order valence-corrected chi connectivity index (χ1v) is 7.31. The van der Waals surface area contributed by atoms with E-state index >= 15 is 0 Å². The molecular formula is C13H16IN3O. The van der Waals surface area contributed by atoms with Gasteiger partial charge in [0.05, 0.1) is 11.0 Å². The van der Waals surface area contributed by atoms with E-state index in [2.05, 4.69) is 50.3 Å². The molecule has 1 atom stereocenters. The van der Waals surface area contributed by atoms with Gasteiger partial charge in [0.1, 0.15) is 0 Å². The molecule has 3 rings (SSSR count). The fourth-order valence-electron chi connectivity index (χ4n) is 2.48. The van der Waals surface area contributed by atoms with Crippen LogP contribution in [0.15, 0.2) is 18.2 Å². The predicted octanol–water partition coefficient (Wildman–Crippen LogP) is 2.65. The Hall–Kier alpha value is -0.820. The summed E-state index contributed by atoms with van der Waals surface area (Å²) in [6.45, 7) is 2.73. The van der Waals surface area contributed by atoms with Gasteiger partial charge >= 0.3 is 0 Å². The van der Waals surface area contributed by atoms with Crippen molar-refractivity contribution in [1.82, 2.24) is 9.55 Å². The van der Waals surface area contributed by atoms with Crippen LogP contribution in [0.1, 0.15) is 12.8 Å². The molecule has 0 spiro atoms. The number of anilines is 1. The first-order valence-electron chi connectivity index (χ1n) is 6.23. The molecule has 1 saturated heterocycles. The lowest BCUT2D eigenvalue weighted by Gasteiger charge is -2.10. The van der Waals surface area contributed by atoms with Gasteiger partial charge in [-0.25, -0.2) is 4.98 Å². The Morgan fingerprint density at radius 1 is 1.50 bits per heavy atom. The molecule has 1 aliphatic rings. The van der Waals surface area contributed by atoms with E-state index in [-0.39, 0.29) is 0 Å². The summed E-state index contributed by atoms with van der Waals surface area (Å²) in [6, 6.07) is 6.27. The number of ether oxygens (including phenoxy) is 1. The molecule has 0 radical (unpaired) electrons. The summed E-state index contributed by atoms with van der Waals surface area (Å²) in [5, 5.41) is 0. The summed E-state index contributed by atoms with van der Waals surface area (Å²) >= 11 is 2.29. The highest BCUT2D eigenvalue weighted by molar-refractivity contribution is 14.1. The normalized spacial score (nSPS) is 19.7. The number of rotatable bonds is 3. The SMILES string of the molecule is Nc1nc2cc(I)ccc2n1CCC1CCOC1. The second kappa shape index (κ2) is 5.05. The van der Waals surface area contributed by atoms with Crippen molar-refractivity contribution < 1.29 is 4.74 Å². The van der Waals surface area contributed by atoms with E-state index in [9.17, 15) is 0 Å². The van der Waals surface area contributed by atoms with E-state index in [0.717, 1.165) is 37.2 Å². The van der Waals surface area contributed by atoms with Crippen molar-refractivity contribution >= 4 is 39.6 Å². The fourth-order valence-corrected chi connectivity index (χ4v) is 2.95. The van der Waals surface area contributed by atoms with Gasteiger partial charge in [0.25, 0.3) is 0 Å². The quantitative estimate of drug-likeness (QED) is 0.860. The average Bonchev–Trinajstić information content (AvgIpc) is 2.93. The van der Waals surface area contributed by atoms with Crippen molar-refractivity contribution in [3.63, 3.8) is 0 Å². The molecule has 5 heteroatoms. The maximum Gasteiger partial charge on any atom is 0.201 e. The summed E-state index contributed by atoms with van der Waals surface area (Å²) in [7, 11) is 0. The number of imidazole rings is 1. The van der Waals surface area contributed by atoms with Gasteiger partial charge in [0.2, 0.25) is 5.95 Å². The van der Waals surface area contributed by atoms with Crippen molar-refractivity contribution in [3.8, 4) is 0 Å². The van der Waals surface area contributed by atoms with Crippen LogP contribution in [0.25, 0.3) is 11.0 Å². The Morgan fingerprint density at radius 2 is 2.39 bits per heavy atom. The maximum atomic E-state index is 6.01. The van der Waals surface area contributed by atoms with Gasteiger partial charge in [-0.1, -0.05) is 0 Å². The van der Waals surface area contributed by atoms with E-state index in [1.54, 1.807) is 0 Å². The molecular weight excluding hydrogens is 341 g/mol. The Balaban J connectivity index is 1.84. The highest BCUT2D eigenvalue weighted by atomic mass is 127. The van der Waals surface area contributed by atoms with Crippen LogP contribution in [0.4, 0.5) is 5.95 Å². The number of halogens is 1. The summed E-state index contributed by atoms with van der Waals surface area (Å²) in [4.78, 5) is 4.42. The number of nitrogens with zero attached hydrogens (tertiary/aromatic N) is 2. The smallest absolute Gasteiger partial charge is 0.201 e. The number of nitrogen functional groups attached to an aromatic ring is 1. The molecule has 96 valence electrons. The zero-order valence-electron chi connectivity index (χ0n) is 10.1. The molecule has 1 unspecified atom stereocenters. The highest BCUT2D eigenvalue weighted by Crippen LogP contribution is 2.23. The van der Waals surface area contributed by atoms with E-state index in [1.165, 1.54) is 9.99 Å². The summed E-state index contributed by atoms with van der Waals surface area (Å²) in [6.07, 6.45) is 2.28. The van der Waals surface area contributed by atoms with E-state index in [1.807, 2.05) is 0 Å². The van der Waals surface area contributed by atoms with Gasteiger partial charge in [-0.2, -0.15) is 0 Å². The van der Waals surface area contributed by atoms with Crippen molar-refractivity contribution in [3.05, 3.63) is 21.8 Å². The Labute approximate surface area is 120 Å². The summed E-state index contributed by atoms with van der Waals surface area (Å²) in [5.41, 5.74) is 8.13. The largest absolute Gasteiger partial charge is 0.381 e. The Bertz CT molecular complexity index is 561. The molecule has 1 aliphatic heterocycles. The van der Waals surface area contributed by atoms with E-state index in [4.69, 9.17) is 10.5 Å². The van der Waals surface area contributed by atoms with Gasteiger partial charge in [-0.15, -0.1) is 0 Å². The number of aromatic nitrogens is 2. The minimum absolute atomic E-state index is 0.617. The monoisotopic (exact) mass is 357 g/mol. The molecule has 4 nitrogen and oxygen atoms in total. The van der Waals surface area contributed by atoms with Crippen LogP contribution in [0.5, 0.6) is 0 Å². The first-order chi connectivity index (χ1) is 8.74. The maximum absolute atomic E-state index is 6.01. The standard InChI is InChI=1S/C13H16IN3O/c14-10-1-2-12-11(7-10)16-13(15)17(12)5-3-9-4-6-18-8-9/h1-2,7,9H,3-6,8H2,(H2,15,16). The minimum atomic E-state index is 0.617. The van der Waals surface area contributed by atoms with Crippen LogP contribution in [-0.4, -0.2) is 22.8 Å². The number of fused-ring (bicyclic) bond motifs is 1. The van der Waals surface area contributed by atoms with Gasteiger partial charge < -0.3 is 15.0 Å². The molecule has 1 aromatic carbocycles. The van der Waals surface area contributed by atoms with E-state index < -0.39 is 0 Å². The number of aryl methyl sites for hydroxylation is 1. The summed E-state index contributed by atoms with van der Waals surface area (Å²) in [5.74, 6) is 1.29. The van der Waals surface area contributed by atoms with Gasteiger partial charge in [0.15, 0.2) is 0 Å². The van der Waals surface area contributed by atoms with Crippen LogP contribution in [0.3, 0.4) is 0 Å². The lowest BCUT2D eigenvalue weighted by molar-refractivity contribution is 0.183. The third-order valence-electron chi connectivity index (χ3n) is 3.52. The van der Waals surface area contributed by atoms with Gasteiger partial charge in [-0.05, 0) is 59.5 Å². The summed E-state index contributed by atoms with van der Waals surface area (Å²) < 4.78 is 8.71. The van der Waals surface area contributed by atoms with Crippen LogP contribution in [-0.2, 0) is 11.3 Å². The van der Waals surface area contributed by atoms with Crippen LogP contribution >= 0.6 is 22.6 Å². The fraction of sp³-hybridized carbons (Fsp3) is 0.462. The molecule has 0 saturated carbocycles. The molecule has 0 amide bonds. The second-order valence-corrected chi connectivity index (χ2v) is 6.02. The second-order valence-electron chi connectivity index (χ2n) is 4.77. The molecule has 2 N–H and O–H groups in total. The molecule has 2 heterocycles. The van der Waals surface area contributed by atoms with Gasteiger partial charge in [-0.3, -0.25) is 0 Å². The number of benzene rings is 1. The third kappa shape index (κ3) is 2.33. The first kappa shape index (κ1) is 12.2. The lowest BCUT2D eigenvalue weighted by Crippen LogP contribution is -2.08. The van der Waals surface area contributed by atoms with Crippen LogP contribution in [0, 0.1) is 9.49 Å². The zero-order valence-corrected chi connectivity index (χ0v) is 12.3. The van der Waals surface area contributed by atoms with Crippen molar-refractivity contribution in [2.24, 2.45) is 5.92 Å². The number of hydrogen-bond donors (Lipinski definition) is 1. The molecule has 1 fully saturated rings. The molecule has 0 bridgehead atoms. The lowest BCUT2D eigenvalue weighted by atomic mass is 10.1. The van der Waals surface area contributed by atoms with Crippen molar-refractivity contribution in [1.29, 1.82) is 0 Å². The van der Waals surface area contributed by atoms with Gasteiger partial charge in [0, 0.05) is 23.3 Å². The molecule has 2 aromatic rings.